The number of benzene rings is 1. The maximum atomic E-state index is 12.3. The van der Waals surface area contributed by atoms with Crippen LogP contribution in [-0.4, -0.2) is 40.9 Å². The number of rotatable bonds is 5. The molecule has 2 rings (SSSR count). The van der Waals surface area contributed by atoms with Crippen LogP contribution in [-0.2, 0) is 20.9 Å². The molecule has 7 nitrogen and oxygen atoms in total. The number of methoxy groups -OCH3 is 1. The average molecular weight is 322 g/mol. The van der Waals surface area contributed by atoms with Crippen molar-refractivity contribution in [2.75, 3.05) is 7.11 Å². The molecule has 1 aromatic rings. The Kier molecular flexibility index (Phi) is 6.56. The Morgan fingerprint density at radius 3 is 2.57 bits per heavy atom. The van der Waals surface area contributed by atoms with Gasteiger partial charge in [0.25, 0.3) is 5.91 Å². The van der Waals surface area contributed by atoms with Crippen LogP contribution in [0.15, 0.2) is 18.2 Å². The minimum absolute atomic E-state index is 0.000427. The Labute approximate surface area is 135 Å². The van der Waals surface area contributed by atoms with E-state index in [1.807, 2.05) is 13.8 Å². The molecule has 0 fully saturated rings. The van der Waals surface area contributed by atoms with E-state index < -0.39 is 17.9 Å². The van der Waals surface area contributed by atoms with Crippen molar-refractivity contribution in [2.24, 2.45) is 5.73 Å². The molecule has 2 amide bonds. The van der Waals surface area contributed by atoms with Crippen LogP contribution in [0, 0.1) is 0 Å². The molecule has 126 valence electrons. The fourth-order valence-electron chi connectivity index (χ4n) is 2.40. The first kappa shape index (κ1) is 18.5. The third-order valence-corrected chi connectivity index (χ3v) is 3.53. The largest absolute Gasteiger partial charge is 0.508 e. The van der Waals surface area contributed by atoms with E-state index in [2.05, 4.69) is 4.74 Å². The minimum atomic E-state index is -0.914. The van der Waals surface area contributed by atoms with Gasteiger partial charge in [0.1, 0.15) is 11.8 Å². The molecular formula is C16H22N2O5. The van der Waals surface area contributed by atoms with Gasteiger partial charge in [0.2, 0.25) is 5.91 Å². The average Bonchev–Trinajstić information content (AvgIpc) is 2.88. The number of amides is 2. The number of fused-ring (bicyclic) bond motifs is 1. The third-order valence-electron chi connectivity index (χ3n) is 3.53. The van der Waals surface area contributed by atoms with Gasteiger partial charge in [-0.2, -0.15) is 0 Å². The van der Waals surface area contributed by atoms with E-state index in [9.17, 15) is 19.5 Å². The summed E-state index contributed by atoms with van der Waals surface area (Å²) in [6, 6.07) is 3.70. The number of ether oxygens (including phenoxy) is 1. The van der Waals surface area contributed by atoms with E-state index in [4.69, 9.17) is 5.73 Å². The predicted octanol–water partition coefficient (Wildman–Crippen LogP) is 1.18. The summed E-state index contributed by atoms with van der Waals surface area (Å²) in [6.45, 7) is 4.09. The van der Waals surface area contributed by atoms with Gasteiger partial charge >= 0.3 is 5.97 Å². The minimum Gasteiger partial charge on any atom is -0.508 e. The standard InChI is InChI=1S/C14H16N2O5.C2H6/c1-21-12(18)6-5-10(13(15)19)16-7-9-8(14(16)20)3-2-4-11(9)17;1-2/h2-4,10,17H,5-7H2,1H3,(H2,15,19);1-2H3. The van der Waals surface area contributed by atoms with Gasteiger partial charge in [0.15, 0.2) is 0 Å². The molecule has 1 atom stereocenters. The fraction of sp³-hybridized carbons (Fsp3) is 0.438. The lowest BCUT2D eigenvalue weighted by molar-refractivity contribution is -0.141. The number of hydrogen-bond donors (Lipinski definition) is 2. The van der Waals surface area contributed by atoms with Crippen molar-refractivity contribution in [2.45, 2.75) is 39.3 Å². The SMILES string of the molecule is CC.COC(=O)CCC(C(N)=O)N1Cc2c(O)cccc2C1=O. The van der Waals surface area contributed by atoms with E-state index >= 15 is 0 Å². The molecule has 1 aromatic carbocycles. The van der Waals surface area contributed by atoms with E-state index in [-0.39, 0.29) is 31.0 Å². The zero-order valence-electron chi connectivity index (χ0n) is 13.5. The number of esters is 1. The molecule has 1 unspecified atom stereocenters. The summed E-state index contributed by atoms with van der Waals surface area (Å²) >= 11 is 0. The molecule has 7 heteroatoms. The molecule has 1 aliphatic heterocycles. The van der Waals surface area contributed by atoms with E-state index in [0.717, 1.165) is 0 Å². The lowest BCUT2D eigenvalue weighted by Gasteiger charge is -2.24. The van der Waals surface area contributed by atoms with Gasteiger partial charge < -0.3 is 20.5 Å². The number of primary amides is 1. The number of carbonyl (C=O) groups is 3. The Hall–Kier alpha value is -2.57. The number of carbonyl (C=O) groups excluding carboxylic acids is 3. The zero-order valence-corrected chi connectivity index (χ0v) is 13.5. The Balaban J connectivity index is 0.00000127. The van der Waals surface area contributed by atoms with E-state index in [0.29, 0.717) is 11.1 Å². The quantitative estimate of drug-likeness (QED) is 0.791. The van der Waals surface area contributed by atoms with Gasteiger partial charge in [0, 0.05) is 17.5 Å². The van der Waals surface area contributed by atoms with Crippen molar-refractivity contribution in [1.82, 2.24) is 4.90 Å². The highest BCUT2D eigenvalue weighted by atomic mass is 16.5. The summed E-state index contributed by atoms with van der Waals surface area (Å²) in [7, 11) is 1.25. The van der Waals surface area contributed by atoms with Crippen molar-refractivity contribution in [3.63, 3.8) is 0 Å². The lowest BCUT2D eigenvalue weighted by atomic mass is 10.1. The van der Waals surface area contributed by atoms with Crippen molar-refractivity contribution in [3.05, 3.63) is 29.3 Å². The lowest BCUT2D eigenvalue weighted by Crippen LogP contribution is -2.45. The second-order valence-corrected chi connectivity index (χ2v) is 4.77. The van der Waals surface area contributed by atoms with Crippen LogP contribution < -0.4 is 5.73 Å². The summed E-state index contributed by atoms with van der Waals surface area (Å²) in [5, 5.41) is 9.77. The second kappa shape index (κ2) is 8.17. The number of phenolic OH excluding ortho intramolecular Hbond substituents is 1. The van der Waals surface area contributed by atoms with Crippen molar-refractivity contribution < 1.29 is 24.2 Å². The van der Waals surface area contributed by atoms with Gasteiger partial charge in [-0.05, 0) is 18.6 Å². The summed E-state index contributed by atoms with van der Waals surface area (Å²) in [6.07, 6.45) is 0.0682. The van der Waals surface area contributed by atoms with Crippen LogP contribution in [0.2, 0.25) is 0 Å². The van der Waals surface area contributed by atoms with Crippen LogP contribution in [0.5, 0.6) is 5.75 Å². The monoisotopic (exact) mass is 322 g/mol. The second-order valence-electron chi connectivity index (χ2n) is 4.77. The molecule has 1 aliphatic rings. The fourth-order valence-corrected chi connectivity index (χ4v) is 2.40. The molecule has 0 saturated heterocycles. The highest BCUT2D eigenvalue weighted by molar-refractivity contribution is 6.01. The number of phenols is 1. The summed E-state index contributed by atoms with van der Waals surface area (Å²) in [5.74, 6) is -1.55. The number of nitrogens with two attached hydrogens (primary N) is 1. The van der Waals surface area contributed by atoms with Crippen molar-refractivity contribution in [1.29, 1.82) is 0 Å². The van der Waals surface area contributed by atoms with E-state index in [1.165, 1.54) is 18.1 Å². The number of nitrogens with zero attached hydrogens (tertiary/aromatic N) is 1. The molecular weight excluding hydrogens is 300 g/mol. The smallest absolute Gasteiger partial charge is 0.305 e. The van der Waals surface area contributed by atoms with Gasteiger partial charge in [-0.15, -0.1) is 0 Å². The molecule has 3 N–H and O–H groups in total. The molecule has 0 aliphatic carbocycles. The topological polar surface area (TPSA) is 110 Å². The van der Waals surface area contributed by atoms with E-state index in [1.54, 1.807) is 12.1 Å². The first-order valence-electron chi connectivity index (χ1n) is 7.43. The number of hydrogen-bond acceptors (Lipinski definition) is 5. The molecule has 23 heavy (non-hydrogen) atoms. The van der Waals surface area contributed by atoms with Gasteiger partial charge in [0.05, 0.1) is 13.7 Å². The molecule has 1 heterocycles. The first-order valence-corrected chi connectivity index (χ1v) is 7.43. The first-order chi connectivity index (χ1) is 11.0. The van der Waals surface area contributed by atoms with Crippen molar-refractivity contribution in [3.8, 4) is 5.75 Å². The highest BCUT2D eigenvalue weighted by Crippen LogP contribution is 2.31. The zero-order chi connectivity index (χ0) is 17.6. The molecule has 0 spiro atoms. The summed E-state index contributed by atoms with van der Waals surface area (Å²) in [5.41, 5.74) is 6.14. The normalized spacial score (nSPS) is 13.7. The van der Waals surface area contributed by atoms with Crippen LogP contribution >= 0.6 is 0 Å². The van der Waals surface area contributed by atoms with Gasteiger partial charge in [-0.25, -0.2) is 0 Å². The molecule has 0 aromatic heterocycles. The number of aromatic hydroxyl groups is 1. The molecule has 0 saturated carbocycles. The summed E-state index contributed by atoms with van der Waals surface area (Å²) < 4.78 is 4.52. The maximum Gasteiger partial charge on any atom is 0.305 e. The van der Waals surface area contributed by atoms with Crippen molar-refractivity contribution >= 4 is 17.8 Å². The Bertz CT molecular complexity index is 600. The molecule has 0 radical (unpaired) electrons. The van der Waals surface area contributed by atoms with Gasteiger partial charge in [-0.1, -0.05) is 19.9 Å². The summed E-state index contributed by atoms with van der Waals surface area (Å²) in [4.78, 5) is 36.3. The van der Waals surface area contributed by atoms with Crippen LogP contribution in [0.1, 0.15) is 42.6 Å². The third kappa shape index (κ3) is 4.00. The van der Waals surface area contributed by atoms with Gasteiger partial charge in [-0.3, -0.25) is 14.4 Å². The maximum absolute atomic E-state index is 12.3. The highest BCUT2D eigenvalue weighted by Gasteiger charge is 2.36. The van der Waals surface area contributed by atoms with Crippen LogP contribution in [0.3, 0.4) is 0 Å². The molecule has 0 bridgehead atoms. The Morgan fingerprint density at radius 1 is 1.39 bits per heavy atom. The predicted molar refractivity (Wildman–Crippen MR) is 83.6 cm³/mol. The van der Waals surface area contributed by atoms with Crippen LogP contribution in [0.25, 0.3) is 0 Å². The Morgan fingerprint density at radius 2 is 2.04 bits per heavy atom. The van der Waals surface area contributed by atoms with Crippen LogP contribution in [0.4, 0.5) is 0 Å².